The molecule has 0 aliphatic heterocycles. The molecule has 0 saturated carbocycles. The summed E-state index contributed by atoms with van der Waals surface area (Å²) in [5, 5.41) is 35.7. The van der Waals surface area contributed by atoms with Crippen LogP contribution in [0.2, 0.25) is 0 Å². The first kappa shape index (κ1) is 17.6. The lowest BCUT2D eigenvalue weighted by Gasteiger charge is -2.23. The topological polar surface area (TPSA) is 149 Å². The maximum absolute atomic E-state index is 11.1. The van der Waals surface area contributed by atoms with Gasteiger partial charge in [0, 0.05) is 2.85 Å². The lowest BCUT2D eigenvalue weighted by atomic mass is 9.79. The summed E-state index contributed by atoms with van der Waals surface area (Å²) in [5.74, 6) is -11.8. The second-order valence-electron chi connectivity index (χ2n) is 4.35. The van der Waals surface area contributed by atoms with E-state index in [9.17, 15) is 19.2 Å². The third-order valence-corrected chi connectivity index (χ3v) is 3.11. The molecule has 0 aromatic carbocycles. The number of rotatable bonds is 9. The van der Waals surface area contributed by atoms with E-state index < -0.39 is 54.0 Å². The summed E-state index contributed by atoms with van der Waals surface area (Å²) in [5.41, 5.74) is 0. The second kappa shape index (κ2) is 7.27. The summed E-state index contributed by atoms with van der Waals surface area (Å²) in [4.78, 5) is 43.9. The third-order valence-electron chi connectivity index (χ3n) is 3.11. The monoisotopic (exact) mass is 292 g/mol. The normalized spacial score (nSPS) is 16.4. The second-order valence-corrected chi connectivity index (χ2v) is 4.35. The molecule has 4 atom stereocenters. The number of hydrogen-bond acceptors (Lipinski definition) is 4. The molecule has 0 aromatic rings. The van der Waals surface area contributed by atoms with Crippen molar-refractivity contribution in [2.24, 2.45) is 23.7 Å². The van der Waals surface area contributed by atoms with Crippen LogP contribution in [-0.2, 0) is 19.2 Å². The van der Waals surface area contributed by atoms with Gasteiger partial charge in [-0.25, -0.2) is 0 Å². The van der Waals surface area contributed by atoms with E-state index in [-0.39, 0.29) is 2.85 Å². The molecule has 0 aliphatic rings. The highest BCUT2D eigenvalue weighted by Gasteiger charge is 2.39. The largest absolute Gasteiger partial charge is 0.481 e. The Kier molecular flexibility index (Phi) is 6.40. The summed E-state index contributed by atoms with van der Waals surface area (Å²) in [6.45, 7) is 4.34. The highest BCUT2D eigenvalue weighted by molar-refractivity contribution is 5.83. The Balaban J connectivity index is -0.00000180. The van der Waals surface area contributed by atoms with Crippen molar-refractivity contribution in [2.75, 3.05) is 0 Å². The van der Waals surface area contributed by atoms with Crippen LogP contribution in [0.5, 0.6) is 0 Å². The quantitative estimate of drug-likeness (QED) is 0.457. The summed E-state index contributed by atoms with van der Waals surface area (Å²) in [7, 11) is 0. The van der Waals surface area contributed by atoms with Gasteiger partial charge in [-0.2, -0.15) is 0 Å². The van der Waals surface area contributed by atoms with E-state index in [2.05, 4.69) is 6.58 Å². The van der Waals surface area contributed by atoms with Crippen molar-refractivity contribution in [3.8, 4) is 0 Å². The smallest absolute Gasteiger partial charge is 0.311 e. The van der Waals surface area contributed by atoms with Crippen LogP contribution in [0, 0.1) is 23.7 Å². The molecule has 0 heterocycles. The predicted molar refractivity (Wildman–Crippen MR) is 69.2 cm³/mol. The zero-order valence-corrected chi connectivity index (χ0v) is 10.7. The van der Waals surface area contributed by atoms with Crippen LogP contribution < -0.4 is 0 Å². The minimum atomic E-state index is -1.56. The van der Waals surface area contributed by atoms with E-state index in [0.717, 1.165) is 13.0 Å². The zero-order valence-electron chi connectivity index (χ0n) is 10.7. The number of aliphatic carboxylic acids is 4. The molecule has 4 unspecified atom stereocenters. The van der Waals surface area contributed by atoms with E-state index >= 15 is 0 Å². The van der Waals surface area contributed by atoms with Crippen LogP contribution in [0.3, 0.4) is 0 Å². The molecule has 8 nitrogen and oxygen atoms in total. The molecule has 0 amide bonds. The van der Waals surface area contributed by atoms with Gasteiger partial charge in [-0.05, 0) is 6.42 Å². The number of hydrogen-bond donors (Lipinski definition) is 4. The first-order chi connectivity index (χ1) is 9.13. The molecule has 0 radical (unpaired) electrons. The Morgan fingerprint density at radius 2 is 1.40 bits per heavy atom. The van der Waals surface area contributed by atoms with E-state index in [1.807, 2.05) is 0 Å². The average Bonchev–Trinajstić information content (AvgIpc) is 2.31. The third kappa shape index (κ3) is 4.38. The SMILES string of the molecule is C=CC(C(=O)O)C(CC(C(=O)O)C(C)C(=O)O)C(=O)O.[HH].[HH]. The Bertz CT molecular complexity index is 437. The maximum atomic E-state index is 11.1. The van der Waals surface area contributed by atoms with Gasteiger partial charge >= 0.3 is 23.9 Å². The van der Waals surface area contributed by atoms with Crippen LogP contribution in [0.25, 0.3) is 0 Å². The summed E-state index contributed by atoms with van der Waals surface area (Å²) in [6, 6.07) is 0. The summed E-state index contributed by atoms with van der Waals surface area (Å²) < 4.78 is 0. The van der Waals surface area contributed by atoms with Gasteiger partial charge in [0.05, 0.1) is 23.7 Å². The fourth-order valence-corrected chi connectivity index (χ4v) is 1.80. The van der Waals surface area contributed by atoms with Crippen molar-refractivity contribution >= 4 is 23.9 Å². The first-order valence-electron chi connectivity index (χ1n) is 5.67. The van der Waals surface area contributed by atoms with Gasteiger partial charge in [-0.15, -0.1) is 6.58 Å². The number of carboxylic acids is 4. The van der Waals surface area contributed by atoms with Crippen LogP contribution in [-0.4, -0.2) is 44.3 Å². The molecule has 0 rings (SSSR count). The molecule has 116 valence electrons. The molecule has 0 spiro atoms. The highest BCUT2D eigenvalue weighted by Crippen LogP contribution is 2.27. The van der Waals surface area contributed by atoms with Gasteiger partial charge in [-0.3, -0.25) is 19.2 Å². The van der Waals surface area contributed by atoms with Crippen molar-refractivity contribution < 1.29 is 42.5 Å². The van der Waals surface area contributed by atoms with Crippen LogP contribution in [0.4, 0.5) is 0 Å². The molecule has 0 bridgehead atoms. The first-order valence-corrected chi connectivity index (χ1v) is 5.67. The van der Waals surface area contributed by atoms with Crippen LogP contribution in [0.15, 0.2) is 12.7 Å². The highest BCUT2D eigenvalue weighted by atomic mass is 16.4. The molecule has 0 saturated heterocycles. The zero-order chi connectivity index (χ0) is 16.0. The van der Waals surface area contributed by atoms with Crippen molar-refractivity contribution in [2.45, 2.75) is 13.3 Å². The molecule has 0 aliphatic carbocycles. The molecule has 20 heavy (non-hydrogen) atoms. The molecular weight excluding hydrogens is 272 g/mol. The molecule has 8 heteroatoms. The Hall–Kier alpha value is -2.38. The van der Waals surface area contributed by atoms with Crippen LogP contribution >= 0.6 is 0 Å². The summed E-state index contributed by atoms with van der Waals surface area (Å²) in [6.07, 6.45) is 0.284. The Morgan fingerprint density at radius 1 is 0.950 bits per heavy atom. The lowest BCUT2D eigenvalue weighted by Crippen LogP contribution is -2.36. The van der Waals surface area contributed by atoms with Crippen molar-refractivity contribution in [3.63, 3.8) is 0 Å². The van der Waals surface area contributed by atoms with Gasteiger partial charge in [0.15, 0.2) is 0 Å². The maximum Gasteiger partial charge on any atom is 0.311 e. The minimum Gasteiger partial charge on any atom is -0.481 e. The van der Waals surface area contributed by atoms with Gasteiger partial charge in [0.25, 0.3) is 0 Å². The Labute approximate surface area is 117 Å². The predicted octanol–water partition coefficient (Wildman–Crippen LogP) is 0.878. The molecule has 0 aromatic heterocycles. The van der Waals surface area contributed by atoms with Crippen molar-refractivity contribution in [1.82, 2.24) is 0 Å². The lowest BCUT2D eigenvalue weighted by molar-refractivity contribution is -0.158. The fourth-order valence-electron chi connectivity index (χ4n) is 1.80. The number of carbonyl (C=O) groups is 4. The van der Waals surface area contributed by atoms with Gasteiger partial charge in [0.2, 0.25) is 0 Å². The minimum absolute atomic E-state index is 0. The average molecular weight is 292 g/mol. The van der Waals surface area contributed by atoms with Crippen LogP contribution in [0.1, 0.15) is 16.2 Å². The van der Waals surface area contributed by atoms with E-state index in [1.165, 1.54) is 0 Å². The van der Waals surface area contributed by atoms with Gasteiger partial charge < -0.3 is 20.4 Å². The molecule has 0 fully saturated rings. The Morgan fingerprint density at radius 3 is 1.65 bits per heavy atom. The van der Waals surface area contributed by atoms with E-state index in [0.29, 0.717) is 0 Å². The summed E-state index contributed by atoms with van der Waals surface area (Å²) >= 11 is 0. The van der Waals surface area contributed by atoms with E-state index in [4.69, 9.17) is 20.4 Å². The van der Waals surface area contributed by atoms with Gasteiger partial charge in [-0.1, -0.05) is 13.0 Å². The molecule has 4 N–H and O–H groups in total. The van der Waals surface area contributed by atoms with Crippen molar-refractivity contribution in [3.05, 3.63) is 12.7 Å². The van der Waals surface area contributed by atoms with E-state index in [1.54, 1.807) is 0 Å². The van der Waals surface area contributed by atoms with Gasteiger partial charge in [0.1, 0.15) is 0 Å². The fraction of sp³-hybridized carbons (Fsp3) is 0.500. The number of carboxylic acid groups (broad SMARTS) is 4. The standard InChI is InChI=1S/C12H16O8.2H2/c1-3-6(10(15)16)8(12(19)20)4-7(11(17)18)5(2)9(13)14;;/h3,5-8H,1,4H2,2H3,(H,13,14)(H,15,16)(H,17,18)(H,19,20);2*1H. The van der Waals surface area contributed by atoms with Crippen molar-refractivity contribution in [1.29, 1.82) is 0 Å². The molecular formula is C12H20O8.